The van der Waals surface area contributed by atoms with Crippen LogP contribution in [0.3, 0.4) is 0 Å². The maximum absolute atomic E-state index is 13.1. The number of rotatable bonds is 6. The molecule has 0 saturated carbocycles. The molecule has 2 aliphatic rings. The van der Waals surface area contributed by atoms with E-state index < -0.39 is 6.61 Å². The smallest absolute Gasteiger partial charge is 0.387 e. The molecule has 5 rings (SSSR count). The van der Waals surface area contributed by atoms with Crippen molar-refractivity contribution in [1.29, 1.82) is 0 Å². The van der Waals surface area contributed by atoms with Gasteiger partial charge in [0.05, 0.1) is 10.6 Å². The Hall–Kier alpha value is -3.72. The average Bonchev–Trinajstić information content (AvgIpc) is 3.33. The van der Waals surface area contributed by atoms with Crippen LogP contribution in [0.5, 0.6) is 17.4 Å². The summed E-state index contributed by atoms with van der Waals surface area (Å²) in [5.41, 5.74) is 0.613. The van der Waals surface area contributed by atoms with Gasteiger partial charge in [0.15, 0.2) is 0 Å². The van der Waals surface area contributed by atoms with Crippen molar-refractivity contribution >= 4 is 23.4 Å². The molecule has 2 saturated heterocycles. The summed E-state index contributed by atoms with van der Waals surface area (Å²) < 4.78 is 35.8. The summed E-state index contributed by atoms with van der Waals surface area (Å²) in [7, 11) is 0. The van der Waals surface area contributed by atoms with E-state index >= 15 is 0 Å². The fraction of sp³-hybridized carbons (Fsp3) is 0.321. The molecule has 198 valence electrons. The van der Waals surface area contributed by atoms with Gasteiger partial charge in [-0.1, -0.05) is 23.7 Å². The number of nitrogens with zero attached hydrogens (tertiary/aromatic N) is 3. The van der Waals surface area contributed by atoms with Crippen molar-refractivity contribution in [3.63, 3.8) is 0 Å². The third-order valence-corrected chi connectivity index (χ3v) is 7.42. The molecule has 0 unspecified atom stereocenters. The number of likely N-dealkylation sites (tertiary alicyclic amines) is 2. The van der Waals surface area contributed by atoms with Gasteiger partial charge in [-0.15, -0.1) is 0 Å². The van der Waals surface area contributed by atoms with Crippen LogP contribution in [-0.4, -0.2) is 59.4 Å². The van der Waals surface area contributed by atoms with E-state index in [1.165, 1.54) is 18.3 Å². The lowest BCUT2D eigenvalue weighted by Gasteiger charge is -2.39. The second-order valence-electron chi connectivity index (χ2n) is 9.58. The number of aromatic nitrogens is 1. The lowest BCUT2D eigenvalue weighted by molar-refractivity contribution is -0.0502. The number of hydrogen-bond donors (Lipinski definition) is 0. The maximum Gasteiger partial charge on any atom is 0.387 e. The molecule has 0 atom stereocenters. The number of para-hydroxylation sites is 1. The first-order chi connectivity index (χ1) is 18.3. The molecule has 38 heavy (non-hydrogen) atoms. The zero-order valence-corrected chi connectivity index (χ0v) is 21.2. The predicted octanol–water partition coefficient (Wildman–Crippen LogP) is 5.90. The molecule has 2 amide bonds. The van der Waals surface area contributed by atoms with Crippen molar-refractivity contribution in [3.05, 3.63) is 83.0 Å². The Balaban J connectivity index is 1.17. The van der Waals surface area contributed by atoms with E-state index in [0.717, 1.165) is 19.3 Å². The topological polar surface area (TPSA) is 72.0 Å². The molecule has 10 heteroatoms. The molecule has 7 nitrogen and oxygen atoms in total. The molecule has 2 aliphatic heterocycles. The molecule has 1 spiro atoms. The van der Waals surface area contributed by atoms with Crippen molar-refractivity contribution in [3.8, 4) is 17.4 Å². The van der Waals surface area contributed by atoms with Crippen LogP contribution in [-0.2, 0) is 0 Å². The molecule has 0 aliphatic carbocycles. The van der Waals surface area contributed by atoms with Gasteiger partial charge >= 0.3 is 6.61 Å². The van der Waals surface area contributed by atoms with Crippen LogP contribution < -0.4 is 9.47 Å². The second kappa shape index (κ2) is 10.9. The standard InChI is InChI=1S/C28H26ClF2N3O4/c29-20-7-10-24(32-17-20)37-21-8-5-19(6-9-21)25(35)33-14-11-28(12-15-33)13-16-34(18-28)26(36)22-3-1-2-4-23(22)38-27(30)31/h1-10,17,27H,11-16,18H2. The lowest BCUT2D eigenvalue weighted by Crippen LogP contribution is -2.44. The van der Waals surface area contributed by atoms with Crippen LogP contribution in [0.2, 0.25) is 5.02 Å². The van der Waals surface area contributed by atoms with Crippen LogP contribution in [0.1, 0.15) is 40.0 Å². The molecule has 0 radical (unpaired) electrons. The Morgan fingerprint density at radius 2 is 1.58 bits per heavy atom. The van der Waals surface area contributed by atoms with Crippen LogP contribution in [0.4, 0.5) is 8.78 Å². The molecule has 2 fully saturated rings. The van der Waals surface area contributed by atoms with Gasteiger partial charge in [0.1, 0.15) is 11.5 Å². The number of piperidine rings is 1. The van der Waals surface area contributed by atoms with E-state index in [0.29, 0.717) is 48.4 Å². The number of hydrogen-bond acceptors (Lipinski definition) is 5. The van der Waals surface area contributed by atoms with E-state index in [9.17, 15) is 18.4 Å². The van der Waals surface area contributed by atoms with Gasteiger partial charge in [-0.25, -0.2) is 4.98 Å². The number of alkyl halides is 2. The summed E-state index contributed by atoms with van der Waals surface area (Å²) in [4.78, 5) is 33.9. The third-order valence-electron chi connectivity index (χ3n) is 7.19. The summed E-state index contributed by atoms with van der Waals surface area (Å²) >= 11 is 5.85. The molecular weight excluding hydrogens is 516 g/mol. The molecule has 0 bridgehead atoms. The summed E-state index contributed by atoms with van der Waals surface area (Å²) in [6, 6.07) is 16.3. The fourth-order valence-electron chi connectivity index (χ4n) is 5.10. The van der Waals surface area contributed by atoms with Gasteiger partial charge in [-0.05, 0) is 67.1 Å². The number of ether oxygens (including phenoxy) is 2. The Morgan fingerprint density at radius 1 is 0.895 bits per heavy atom. The maximum atomic E-state index is 13.1. The minimum atomic E-state index is -3.00. The van der Waals surface area contributed by atoms with Crippen molar-refractivity contribution in [2.75, 3.05) is 26.2 Å². The molecule has 3 aromatic rings. The van der Waals surface area contributed by atoms with E-state index in [1.54, 1.807) is 53.4 Å². The third kappa shape index (κ3) is 5.72. The van der Waals surface area contributed by atoms with Crippen LogP contribution in [0, 0.1) is 5.41 Å². The van der Waals surface area contributed by atoms with Crippen molar-refractivity contribution < 1.29 is 27.8 Å². The Kier molecular flexibility index (Phi) is 7.46. The normalized spacial score (nSPS) is 16.6. The minimum Gasteiger partial charge on any atom is -0.439 e. The highest BCUT2D eigenvalue weighted by molar-refractivity contribution is 6.30. The Morgan fingerprint density at radius 3 is 2.24 bits per heavy atom. The van der Waals surface area contributed by atoms with Crippen molar-refractivity contribution in [1.82, 2.24) is 14.8 Å². The molecule has 1 aromatic heterocycles. The van der Waals surface area contributed by atoms with E-state index in [2.05, 4.69) is 9.72 Å². The summed E-state index contributed by atoms with van der Waals surface area (Å²) in [6.07, 6.45) is 3.84. The van der Waals surface area contributed by atoms with Crippen molar-refractivity contribution in [2.24, 2.45) is 5.41 Å². The quantitative estimate of drug-likeness (QED) is 0.389. The number of carbonyl (C=O) groups is 2. The number of amides is 2. The molecule has 0 N–H and O–H groups in total. The predicted molar refractivity (Wildman–Crippen MR) is 137 cm³/mol. The monoisotopic (exact) mass is 541 g/mol. The molecule has 3 heterocycles. The highest BCUT2D eigenvalue weighted by Gasteiger charge is 2.43. The molecule has 2 aromatic carbocycles. The first-order valence-electron chi connectivity index (χ1n) is 12.3. The fourth-order valence-corrected chi connectivity index (χ4v) is 5.22. The van der Waals surface area contributed by atoms with E-state index in [4.69, 9.17) is 16.3 Å². The van der Waals surface area contributed by atoms with Crippen LogP contribution in [0.15, 0.2) is 66.9 Å². The summed E-state index contributed by atoms with van der Waals surface area (Å²) in [5.74, 6) is 0.483. The number of pyridine rings is 1. The summed E-state index contributed by atoms with van der Waals surface area (Å²) in [5, 5.41) is 0.517. The lowest BCUT2D eigenvalue weighted by atomic mass is 9.77. The number of halogens is 3. The van der Waals surface area contributed by atoms with Gasteiger partial charge < -0.3 is 19.3 Å². The van der Waals surface area contributed by atoms with E-state index in [1.807, 2.05) is 4.90 Å². The van der Waals surface area contributed by atoms with Gasteiger partial charge in [-0.2, -0.15) is 8.78 Å². The largest absolute Gasteiger partial charge is 0.439 e. The van der Waals surface area contributed by atoms with Crippen LogP contribution in [0.25, 0.3) is 0 Å². The van der Waals surface area contributed by atoms with Gasteiger partial charge in [0.2, 0.25) is 5.88 Å². The Bertz CT molecular complexity index is 1300. The first-order valence-corrected chi connectivity index (χ1v) is 12.7. The summed E-state index contributed by atoms with van der Waals surface area (Å²) in [6.45, 7) is -0.765. The second-order valence-corrected chi connectivity index (χ2v) is 10.0. The van der Waals surface area contributed by atoms with Crippen molar-refractivity contribution in [2.45, 2.75) is 25.9 Å². The highest BCUT2D eigenvalue weighted by Crippen LogP contribution is 2.41. The molecular formula is C28H26ClF2N3O4. The van der Waals surface area contributed by atoms with E-state index in [-0.39, 0.29) is 28.5 Å². The minimum absolute atomic E-state index is 0.0555. The number of carbonyl (C=O) groups excluding carboxylic acids is 2. The Labute approximate surface area is 223 Å². The van der Waals surface area contributed by atoms with Gasteiger partial charge in [-0.3, -0.25) is 9.59 Å². The zero-order chi connectivity index (χ0) is 26.7. The number of benzene rings is 2. The zero-order valence-electron chi connectivity index (χ0n) is 20.5. The van der Waals surface area contributed by atoms with Crippen LogP contribution >= 0.6 is 11.6 Å². The van der Waals surface area contributed by atoms with Gasteiger partial charge in [0.25, 0.3) is 11.8 Å². The van der Waals surface area contributed by atoms with Gasteiger partial charge in [0, 0.05) is 44.0 Å². The SMILES string of the molecule is O=C(c1ccc(Oc2ccc(Cl)cn2)cc1)N1CCC2(CC1)CCN(C(=O)c1ccccc1OC(F)F)C2. The highest BCUT2D eigenvalue weighted by atomic mass is 35.5. The first kappa shape index (κ1) is 25.9. The average molecular weight is 542 g/mol.